The highest BCUT2D eigenvalue weighted by molar-refractivity contribution is 9.10. The van der Waals surface area contributed by atoms with Gasteiger partial charge in [0.05, 0.1) is 11.2 Å². The molecule has 0 bridgehead atoms. The maximum atomic E-state index is 11.9. The first-order valence-corrected chi connectivity index (χ1v) is 6.65. The van der Waals surface area contributed by atoms with Crippen LogP contribution in [-0.2, 0) is 0 Å². The monoisotopic (exact) mass is 297 g/mol. The van der Waals surface area contributed by atoms with Gasteiger partial charge in [-0.05, 0) is 40.9 Å². The third-order valence-corrected chi connectivity index (χ3v) is 3.92. The van der Waals surface area contributed by atoms with Gasteiger partial charge < -0.3 is 10.4 Å². The lowest BCUT2D eigenvalue weighted by molar-refractivity contribution is 0.0449. The van der Waals surface area contributed by atoms with Gasteiger partial charge in [0, 0.05) is 11.0 Å². The maximum absolute atomic E-state index is 11.9. The molecule has 1 aromatic rings. The van der Waals surface area contributed by atoms with E-state index in [1.165, 1.54) is 0 Å². The minimum Gasteiger partial charge on any atom is -0.388 e. The Morgan fingerprint density at radius 2 is 2.00 bits per heavy atom. The number of hydrogen-bond donors (Lipinski definition) is 2. The molecular formula is C13H16BrNO2. The second-order valence-corrected chi connectivity index (χ2v) is 5.45. The Hall–Kier alpha value is -0.870. The van der Waals surface area contributed by atoms with E-state index in [-0.39, 0.29) is 5.91 Å². The first kappa shape index (κ1) is 12.6. The molecule has 3 nitrogen and oxygen atoms in total. The second kappa shape index (κ2) is 5.19. The summed E-state index contributed by atoms with van der Waals surface area (Å²) in [5, 5.41) is 12.9. The summed E-state index contributed by atoms with van der Waals surface area (Å²) >= 11 is 3.34. The fourth-order valence-electron chi connectivity index (χ4n) is 2.20. The molecule has 0 unspecified atom stereocenters. The van der Waals surface area contributed by atoms with Crippen LogP contribution < -0.4 is 5.32 Å². The van der Waals surface area contributed by atoms with Gasteiger partial charge in [0.15, 0.2) is 0 Å². The summed E-state index contributed by atoms with van der Waals surface area (Å²) in [6.45, 7) is 0.340. The van der Waals surface area contributed by atoms with Crippen LogP contribution in [0.5, 0.6) is 0 Å². The van der Waals surface area contributed by atoms with E-state index in [9.17, 15) is 9.90 Å². The highest BCUT2D eigenvalue weighted by Crippen LogP contribution is 2.28. The van der Waals surface area contributed by atoms with Crippen LogP contribution in [0.1, 0.15) is 36.0 Å². The largest absolute Gasteiger partial charge is 0.388 e. The number of nitrogens with one attached hydrogen (secondary N) is 1. The molecule has 1 aliphatic rings. The van der Waals surface area contributed by atoms with E-state index in [1.54, 1.807) is 6.07 Å². The van der Waals surface area contributed by atoms with Crippen LogP contribution in [0.2, 0.25) is 0 Å². The molecule has 17 heavy (non-hydrogen) atoms. The highest BCUT2D eigenvalue weighted by atomic mass is 79.9. The molecule has 0 radical (unpaired) electrons. The number of halogens is 1. The van der Waals surface area contributed by atoms with Crippen molar-refractivity contribution in [1.82, 2.24) is 5.32 Å². The molecule has 2 N–H and O–H groups in total. The highest BCUT2D eigenvalue weighted by Gasteiger charge is 2.31. The molecule has 1 fully saturated rings. The number of carbonyl (C=O) groups excluding carboxylic acids is 1. The molecule has 0 saturated heterocycles. The van der Waals surface area contributed by atoms with Gasteiger partial charge in [-0.25, -0.2) is 0 Å². The van der Waals surface area contributed by atoms with Gasteiger partial charge in [0.25, 0.3) is 5.91 Å². The summed E-state index contributed by atoms with van der Waals surface area (Å²) in [5.41, 5.74) is -0.0919. The van der Waals surface area contributed by atoms with Crippen molar-refractivity contribution in [2.24, 2.45) is 0 Å². The fourth-order valence-corrected chi connectivity index (χ4v) is 2.66. The van der Waals surface area contributed by atoms with E-state index in [0.29, 0.717) is 12.1 Å². The lowest BCUT2D eigenvalue weighted by Gasteiger charge is -2.22. The Labute approximate surface area is 109 Å². The van der Waals surface area contributed by atoms with Crippen LogP contribution in [0.25, 0.3) is 0 Å². The molecule has 1 aliphatic carbocycles. The molecular weight excluding hydrogens is 282 g/mol. The Balaban J connectivity index is 1.96. The number of benzene rings is 1. The Bertz CT molecular complexity index is 414. The molecule has 1 saturated carbocycles. The Morgan fingerprint density at radius 3 is 2.65 bits per heavy atom. The van der Waals surface area contributed by atoms with Crippen molar-refractivity contribution in [3.05, 3.63) is 34.3 Å². The quantitative estimate of drug-likeness (QED) is 0.900. The van der Waals surface area contributed by atoms with E-state index in [0.717, 1.165) is 30.2 Å². The van der Waals surface area contributed by atoms with Gasteiger partial charge >= 0.3 is 0 Å². The van der Waals surface area contributed by atoms with Gasteiger partial charge in [-0.3, -0.25) is 4.79 Å². The van der Waals surface area contributed by atoms with Gasteiger partial charge in [-0.1, -0.05) is 25.0 Å². The number of carbonyl (C=O) groups is 1. The number of amides is 1. The zero-order chi connectivity index (χ0) is 12.3. The summed E-state index contributed by atoms with van der Waals surface area (Å²) in [4.78, 5) is 11.9. The third kappa shape index (κ3) is 3.07. The summed E-state index contributed by atoms with van der Waals surface area (Å²) in [6.07, 6.45) is 3.65. The topological polar surface area (TPSA) is 49.3 Å². The number of hydrogen-bond acceptors (Lipinski definition) is 2. The third-order valence-electron chi connectivity index (χ3n) is 3.23. The molecule has 1 amide bonds. The van der Waals surface area contributed by atoms with Crippen molar-refractivity contribution in [2.45, 2.75) is 31.3 Å². The average Bonchev–Trinajstić information content (AvgIpc) is 2.74. The average molecular weight is 298 g/mol. The van der Waals surface area contributed by atoms with E-state index in [2.05, 4.69) is 21.2 Å². The van der Waals surface area contributed by atoms with Crippen molar-refractivity contribution < 1.29 is 9.90 Å². The van der Waals surface area contributed by atoms with E-state index in [1.807, 2.05) is 18.2 Å². The Morgan fingerprint density at radius 1 is 1.35 bits per heavy atom. The van der Waals surface area contributed by atoms with E-state index >= 15 is 0 Å². The number of rotatable bonds is 3. The van der Waals surface area contributed by atoms with E-state index in [4.69, 9.17) is 0 Å². The summed E-state index contributed by atoms with van der Waals surface area (Å²) in [7, 11) is 0. The maximum Gasteiger partial charge on any atom is 0.252 e. The minimum atomic E-state index is -0.698. The van der Waals surface area contributed by atoms with Gasteiger partial charge in [0.1, 0.15) is 0 Å². The number of aliphatic hydroxyl groups is 1. The summed E-state index contributed by atoms with van der Waals surface area (Å²) < 4.78 is 0.774. The van der Waals surface area contributed by atoms with Crippen molar-refractivity contribution in [3.63, 3.8) is 0 Å². The van der Waals surface area contributed by atoms with Crippen LogP contribution in [0.4, 0.5) is 0 Å². The van der Waals surface area contributed by atoms with Crippen LogP contribution >= 0.6 is 15.9 Å². The minimum absolute atomic E-state index is 0.141. The van der Waals surface area contributed by atoms with Crippen molar-refractivity contribution >= 4 is 21.8 Å². The molecule has 1 aromatic carbocycles. The van der Waals surface area contributed by atoms with Gasteiger partial charge in [0.2, 0.25) is 0 Å². The second-order valence-electron chi connectivity index (χ2n) is 4.59. The fraction of sp³-hybridized carbons (Fsp3) is 0.462. The molecule has 0 atom stereocenters. The first-order valence-electron chi connectivity index (χ1n) is 5.86. The van der Waals surface area contributed by atoms with E-state index < -0.39 is 5.60 Å². The van der Waals surface area contributed by atoms with Gasteiger partial charge in [-0.15, -0.1) is 0 Å². The van der Waals surface area contributed by atoms with Crippen LogP contribution in [-0.4, -0.2) is 23.2 Å². The van der Waals surface area contributed by atoms with Crippen LogP contribution in [0.3, 0.4) is 0 Å². The van der Waals surface area contributed by atoms with Crippen LogP contribution in [0.15, 0.2) is 28.7 Å². The van der Waals surface area contributed by atoms with Crippen molar-refractivity contribution in [1.29, 1.82) is 0 Å². The van der Waals surface area contributed by atoms with Crippen molar-refractivity contribution in [2.75, 3.05) is 6.54 Å². The standard InChI is InChI=1S/C13H16BrNO2/c14-11-6-2-1-5-10(11)12(16)15-9-13(17)7-3-4-8-13/h1-2,5-6,17H,3-4,7-9H2,(H,15,16). The SMILES string of the molecule is O=C(NCC1(O)CCCC1)c1ccccc1Br. The molecule has 92 valence electrons. The zero-order valence-electron chi connectivity index (χ0n) is 9.58. The molecule has 0 aromatic heterocycles. The zero-order valence-corrected chi connectivity index (χ0v) is 11.2. The summed E-state index contributed by atoms with van der Waals surface area (Å²) in [5.74, 6) is -0.141. The lowest BCUT2D eigenvalue weighted by Crippen LogP contribution is -2.40. The lowest BCUT2D eigenvalue weighted by atomic mass is 10.0. The molecule has 0 spiro atoms. The van der Waals surface area contributed by atoms with Crippen LogP contribution in [0, 0.1) is 0 Å². The predicted octanol–water partition coefficient (Wildman–Crippen LogP) is 2.48. The molecule has 2 rings (SSSR count). The van der Waals surface area contributed by atoms with Crippen molar-refractivity contribution in [3.8, 4) is 0 Å². The predicted molar refractivity (Wildman–Crippen MR) is 69.9 cm³/mol. The summed E-state index contributed by atoms with van der Waals surface area (Å²) in [6, 6.07) is 7.28. The first-order chi connectivity index (χ1) is 8.11. The smallest absolute Gasteiger partial charge is 0.252 e. The molecule has 0 aliphatic heterocycles. The normalized spacial score (nSPS) is 18.0. The molecule has 4 heteroatoms. The molecule has 0 heterocycles. The van der Waals surface area contributed by atoms with Gasteiger partial charge in [-0.2, -0.15) is 0 Å². The Kier molecular flexibility index (Phi) is 3.84.